The number of thiazole rings is 1. The van der Waals surface area contributed by atoms with Crippen LogP contribution in [0.5, 0.6) is 0 Å². The normalized spacial score (nSPS) is 21.0. The van der Waals surface area contributed by atoms with Gasteiger partial charge in [0.05, 0.1) is 11.1 Å². The van der Waals surface area contributed by atoms with Crippen molar-refractivity contribution in [2.45, 2.75) is 38.8 Å². The molecule has 1 aliphatic rings. The van der Waals surface area contributed by atoms with Gasteiger partial charge in [-0.25, -0.2) is 9.37 Å². The number of carbonyl (C=O) groups is 1. The highest BCUT2D eigenvalue weighted by Crippen LogP contribution is 2.31. The second-order valence-corrected chi connectivity index (χ2v) is 10.4. The lowest BCUT2D eigenvalue weighted by atomic mass is 10.1. The van der Waals surface area contributed by atoms with Crippen molar-refractivity contribution in [1.82, 2.24) is 18.9 Å². The van der Waals surface area contributed by atoms with Gasteiger partial charge in [0.15, 0.2) is 0 Å². The fourth-order valence-electron chi connectivity index (χ4n) is 3.66. The van der Waals surface area contributed by atoms with Crippen molar-refractivity contribution in [3.63, 3.8) is 0 Å². The van der Waals surface area contributed by atoms with Crippen LogP contribution in [0.3, 0.4) is 0 Å². The van der Waals surface area contributed by atoms with E-state index < -0.39 is 34.0 Å². The van der Waals surface area contributed by atoms with Gasteiger partial charge in [0.1, 0.15) is 16.9 Å². The Morgan fingerprint density at radius 2 is 2.16 bits per heavy atom. The number of nitrogens with one attached hydrogen (secondary N) is 2. The summed E-state index contributed by atoms with van der Waals surface area (Å²) in [5, 5.41) is 4.91. The second-order valence-electron chi connectivity index (χ2n) is 7.41. The van der Waals surface area contributed by atoms with Crippen LogP contribution in [0.1, 0.15) is 37.7 Å². The lowest BCUT2D eigenvalue weighted by Gasteiger charge is -2.37. The molecule has 2 heterocycles. The van der Waals surface area contributed by atoms with E-state index in [4.69, 9.17) is 11.6 Å². The van der Waals surface area contributed by atoms with Crippen LogP contribution in [-0.2, 0) is 15.0 Å². The zero-order valence-electron chi connectivity index (χ0n) is 17.9. The number of nitrogens with zero attached hydrogens (tertiary/aromatic N) is 3. The van der Waals surface area contributed by atoms with Crippen LogP contribution in [0.2, 0.25) is 5.02 Å². The van der Waals surface area contributed by atoms with E-state index in [0.29, 0.717) is 17.1 Å². The lowest BCUT2D eigenvalue weighted by Crippen LogP contribution is -2.58. The van der Waals surface area contributed by atoms with Gasteiger partial charge in [-0.1, -0.05) is 25.4 Å². The highest BCUT2D eigenvalue weighted by molar-refractivity contribution is 7.87. The Hall–Kier alpha value is -1.63. The third-order valence-corrected chi connectivity index (χ3v) is 8.21. The molecule has 2 aromatic rings. The van der Waals surface area contributed by atoms with E-state index >= 15 is 0 Å². The summed E-state index contributed by atoms with van der Waals surface area (Å²) in [7, 11) is -3.93. The molecule has 1 fully saturated rings. The molecular formula is C20H27ClFN5O3S2. The third-order valence-electron chi connectivity index (χ3n) is 5.39. The molecule has 0 aliphatic carbocycles. The van der Waals surface area contributed by atoms with Crippen molar-refractivity contribution < 1.29 is 17.6 Å². The van der Waals surface area contributed by atoms with Crippen molar-refractivity contribution in [1.29, 1.82) is 0 Å². The van der Waals surface area contributed by atoms with E-state index in [-0.39, 0.29) is 18.0 Å². The van der Waals surface area contributed by atoms with Gasteiger partial charge in [0, 0.05) is 23.8 Å². The summed E-state index contributed by atoms with van der Waals surface area (Å²) in [6.45, 7) is 6.73. The number of halogens is 2. The molecular weight excluding hydrogens is 477 g/mol. The highest BCUT2D eigenvalue weighted by atomic mass is 35.5. The molecule has 1 aliphatic heterocycles. The molecule has 2 N–H and O–H groups in total. The Bertz CT molecular complexity index is 1020. The summed E-state index contributed by atoms with van der Waals surface area (Å²) in [4.78, 5) is 19.6. The average molecular weight is 504 g/mol. The molecule has 1 aromatic heterocycles. The molecule has 2 atom stereocenters. The van der Waals surface area contributed by atoms with Crippen molar-refractivity contribution in [2.24, 2.45) is 0 Å². The van der Waals surface area contributed by atoms with Crippen LogP contribution < -0.4 is 10.0 Å². The molecule has 1 saturated heterocycles. The molecule has 32 heavy (non-hydrogen) atoms. The van der Waals surface area contributed by atoms with Crippen molar-refractivity contribution in [2.75, 3.05) is 31.5 Å². The van der Waals surface area contributed by atoms with E-state index in [1.54, 1.807) is 11.6 Å². The first kappa shape index (κ1) is 25.0. The molecule has 0 saturated carbocycles. The minimum Gasteiger partial charge on any atom is -0.325 e. The highest BCUT2D eigenvalue weighted by Gasteiger charge is 2.43. The van der Waals surface area contributed by atoms with Gasteiger partial charge in [-0.3, -0.25) is 4.79 Å². The minimum absolute atomic E-state index is 0.127. The van der Waals surface area contributed by atoms with Crippen LogP contribution in [-0.4, -0.2) is 60.7 Å². The van der Waals surface area contributed by atoms with Crippen molar-refractivity contribution in [3.8, 4) is 0 Å². The average Bonchev–Trinajstić information content (AvgIpc) is 3.29. The molecule has 0 spiro atoms. The SMILES string of the molecule is CCN(CC)CCCN1C(C(=O)Nc2ccc(F)c(Cl)c2)CC(c2nccs2)NS1(=O)=O. The zero-order valence-corrected chi connectivity index (χ0v) is 20.3. The van der Waals surface area contributed by atoms with Crippen LogP contribution in [0.15, 0.2) is 29.8 Å². The molecule has 2 unspecified atom stereocenters. The zero-order chi connectivity index (χ0) is 23.3. The predicted octanol–water partition coefficient (Wildman–Crippen LogP) is 3.26. The molecule has 0 radical (unpaired) electrons. The lowest BCUT2D eigenvalue weighted by molar-refractivity contribution is -0.120. The fourth-order valence-corrected chi connectivity index (χ4v) is 6.21. The predicted molar refractivity (Wildman–Crippen MR) is 124 cm³/mol. The van der Waals surface area contributed by atoms with Crippen LogP contribution in [0.25, 0.3) is 0 Å². The quantitative estimate of drug-likeness (QED) is 0.547. The fraction of sp³-hybridized carbons (Fsp3) is 0.500. The molecule has 0 bridgehead atoms. The largest absolute Gasteiger partial charge is 0.325 e. The maximum absolute atomic E-state index is 13.5. The maximum atomic E-state index is 13.5. The number of carbonyl (C=O) groups excluding carboxylic acids is 1. The molecule has 12 heteroatoms. The van der Waals surface area contributed by atoms with Gasteiger partial charge in [0.25, 0.3) is 10.2 Å². The summed E-state index contributed by atoms with van der Waals surface area (Å²) in [5.74, 6) is -1.10. The molecule has 176 valence electrons. The smallest absolute Gasteiger partial charge is 0.280 e. The number of amides is 1. The first-order chi connectivity index (χ1) is 15.2. The van der Waals surface area contributed by atoms with Gasteiger partial charge in [-0.05, 0) is 50.7 Å². The number of aromatic nitrogens is 1. The Morgan fingerprint density at radius 3 is 2.78 bits per heavy atom. The summed E-state index contributed by atoms with van der Waals surface area (Å²) in [5.41, 5.74) is 0.297. The summed E-state index contributed by atoms with van der Waals surface area (Å²) >= 11 is 7.15. The van der Waals surface area contributed by atoms with E-state index in [0.717, 1.165) is 25.7 Å². The van der Waals surface area contributed by atoms with Gasteiger partial charge < -0.3 is 10.2 Å². The Morgan fingerprint density at radius 1 is 1.41 bits per heavy atom. The summed E-state index contributed by atoms with van der Waals surface area (Å²) < 4.78 is 43.5. The first-order valence-electron chi connectivity index (χ1n) is 10.4. The van der Waals surface area contributed by atoms with Crippen LogP contribution >= 0.6 is 22.9 Å². The van der Waals surface area contributed by atoms with Crippen molar-refractivity contribution >= 4 is 44.7 Å². The number of benzene rings is 1. The Labute approximate surface area is 197 Å². The standard InChI is InChI=1S/C20H27ClFN5O3S2/c1-3-26(4-2)9-5-10-27-18(19(28)24-14-6-7-16(22)15(21)12-14)13-17(25-32(27,29)30)20-23-8-11-31-20/h6-8,11-12,17-18,25H,3-5,9-10,13H2,1-2H3,(H,24,28). The van der Waals surface area contributed by atoms with E-state index in [9.17, 15) is 17.6 Å². The van der Waals surface area contributed by atoms with Crippen LogP contribution in [0.4, 0.5) is 10.1 Å². The summed E-state index contributed by atoms with van der Waals surface area (Å²) in [6.07, 6.45) is 2.40. The number of anilines is 1. The first-order valence-corrected chi connectivity index (χ1v) is 13.1. The minimum atomic E-state index is -3.93. The van der Waals surface area contributed by atoms with E-state index in [1.807, 2.05) is 13.8 Å². The van der Waals surface area contributed by atoms with Gasteiger partial charge in [-0.2, -0.15) is 17.4 Å². The van der Waals surface area contributed by atoms with Gasteiger partial charge in [-0.15, -0.1) is 11.3 Å². The molecule has 8 nitrogen and oxygen atoms in total. The number of hydrogen-bond donors (Lipinski definition) is 2. The third kappa shape index (κ3) is 6.03. The molecule has 1 aromatic carbocycles. The topological polar surface area (TPSA) is 94.6 Å². The van der Waals surface area contributed by atoms with E-state index in [2.05, 4.69) is 19.9 Å². The Balaban J connectivity index is 1.82. The molecule has 3 rings (SSSR count). The maximum Gasteiger partial charge on any atom is 0.280 e. The molecule has 1 amide bonds. The van der Waals surface area contributed by atoms with Crippen molar-refractivity contribution in [3.05, 3.63) is 45.6 Å². The van der Waals surface area contributed by atoms with Gasteiger partial charge in [0.2, 0.25) is 5.91 Å². The second kappa shape index (κ2) is 11.0. The van der Waals surface area contributed by atoms with Crippen LogP contribution in [0, 0.1) is 5.82 Å². The number of rotatable bonds is 9. The van der Waals surface area contributed by atoms with Gasteiger partial charge >= 0.3 is 0 Å². The number of hydrogen-bond acceptors (Lipinski definition) is 6. The van der Waals surface area contributed by atoms with E-state index in [1.165, 1.54) is 27.8 Å². The monoisotopic (exact) mass is 503 g/mol. The Kier molecular flexibility index (Phi) is 8.59. The summed E-state index contributed by atoms with van der Waals surface area (Å²) in [6, 6.07) is 2.28.